The van der Waals surface area contributed by atoms with Crippen molar-refractivity contribution >= 4 is 18.6 Å². The molecule has 1 unspecified atom stereocenters. The molecule has 0 bridgehead atoms. The van der Waals surface area contributed by atoms with Gasteiger partial charge in [0.15, 0.2) is 0 Å². The van der Waals surface area contributed by atoms with Crippen molar-refractivity contribution in [1.82, 2.24) is 0 Å². The van der Waals surface area contributed by atoms with Gasteiger partial charge in [-0.1, -0.05) is 0 Å². The fraction of sp³-hybridized carbons (Fsp3) is 0.833. The van der Waals surface area contributed by atoms with Crippen LogP contribution in [0.25, 0.3) is 0 Å². The van der Waals surface area contributed by atoms with Crippen LogP contribution in [0.5, 0.6) is 0 Å². The summed E-state index contributed by atoms with van der Waals surface area (Å²) in [5.41, 5.74) is 0. The maximum absolute atomic E-state index is 10.7. The Bertz CT molecular complexity index is 123. The number of carbonyl (C=O) groups excluding carboxylic acids is 1. The van der Waals surface area contributed by atoms with Crippen LogP contribution in [0.1, 0.15) is 19.8 Å². The van der Waals surface area contributed by atoms with E-state index in [2.05, 4.69) is 12.6 Å². The van der Waals surface area contributed by atoms with E-state index in [4.69, 9.17) is 4.74 Å². The van der Waals surface area contributed by atoms with Crippen LogP contribution in [-0.4, -0.2) is 17.3 Å². The van der Waals surface area contributed by atoms with Gasteiger partial charge in [-0.3, -0.25) is 4.79 Å². The average molecular weight is 343 g/mol. The Morgan fingerprint density at radius 1 is 1.70 bits per heavy atom. The molecule has 10 heavy (non-hydrogen) atoms. The summed E-state index contributed by atoms with van der Waals surface area (Å²) >= 11 is 3.92. The molecule has 0 amide bonds. The summed E-state index contributed by atoms with van der Waals surface area (Å²) in [6.45, 7) is 1.72. The predicted octanol–water partition coefficient (Wildman–Crippen LogP) is 1.01. The topological polar surface area (TPSA) is 26.3 Å². The largest absolute Gasteiger partial charge is 0.462 e. The minimum Gasteiger partial charge on any atom is -0.462 e. The van der Waals surface area contributed by atoms with Gasteiger partial charge in [-0.05, 0) is 19.8 Å². The van der Waals surface area contributed by atoms with E-state index in [1.54, 1.807) is 6.92 Å². The number of carbonyl (C=O) groups is 1. The molecular weight excluding hydrogens is 333 g/mol. The molecule has 4 heteroatoms. The molecule has 1 aliphatic carbocycles. The molecule has 0 N–H and O–H groups in total. The molecule has 1 aliphatic rings. The SMILES string of the molecule is CC(S)C(=O)OC1CC1.[Au]. The summed E-state index contributed by atoms with van der Waals surface area (Å²) in [7, 11) is 0. The molecule has 0 heterocycles. The summed E-state index contributed by atoms with van der Waals surface area (Å²) in [6, 6.07) is 0. The van der Waals surface area contributed by atoms with Crippen LogP contribution >= 0.6 is 12.6 Å². The van der Waals surface area contributed by atoms with Crippen LogP contribution in [0.3, 0.4) is 0 Å². The van der Waals surface area contributed by atoms with E-state index in [9.17, 15) is 4.79 Å². The van der Waals surface area contributed by atoms with Crippen LogP contribution in [0.2, 0.25) is 0 Å². The van der Waals surface area contributed by atoms with E-state index in [-0.39, 0.29) is 39.7 Å². The van der Waals surface area contributed by atoms with Crippen molar-refractivity contribution < 1.29 is 31.9 Å². The van der Waals surface area contributed by atoms with Crippen molar-refractivity contribution in [2.45, 2.75) is 31.1 Å². The molecule has 1 radical (unpaired) electrons. The Labute approximate surface area is 81.6 Å². The van der Waals surface area contributed by atoms with E-state index in [0.717, 1.165) is 12.8 Å². The van der Waals surface area contributed by atoms with Crippen molar-refractivity contribution in [3.8, 4) is 0 Å². The van der Waals surface area contributed by atoms with Gasteiger partial charge in [0.25, 0.3) is 0 Å². The molecule has 0 aromatic heterocycles. The molecule has 0 spiro atoms. The first-order chi connectivity index (χ1) is 4.20. The smallest absolute Gasteiger partial charge is 0.318 e. The van der Waals surface area contributed by atoms with Crippen LogP contribution in [-0.2, 0) is 31.9 Å². The maximum Gasteiger partial charge on any atom is 0.318 e. The standard InChI is InChI=1S/C6H10O2S.Au/c1-4(9)6(7)8-5-2-3-5;/h4-5,9H,2-3H2,1H3;. The van der Waals surface area contributed by atoms with Crippen molar-refractivity contribution in [2.24, 2.45) is 0 Å². The molecule has 1 rings (SSSR count). The molecule has 0 aromatic rings. The Morgan fingerprint density at radius 3 is 2.50 bits per heavy atom. The molecule has 0 saturated heterocycles. The molecule has 1 atom stereocenters. The summed E-state index contributed by atoms with van der Waals surface area (Å²) in [4.78, 5) is 10.7. The monoisotopic (exact) mass is 343 g/mol. The Hall–Kier alpha value is 0.560. The van der Waals surface area contributed by atoms with Crippen LogP contribution in [0, 0.1) is 0 Å². The van der Waals surface area contributed by atoms with E-state index >= 15 is 0 Å². The third-order valence-electron chi connectivity index (χ3n) is 1.15. The zero-order valence-electron chi connectivity index (χ0n) is 5.63. The Kier molecular flexibility index (Phi) is 4.69. The fourth-order valence-corrected chi connectivity index (χ4v) is 0.509. The van der Waals surface area contributed by atoms with Gasteiger partial charge in [0.1, 0.15) is 6.10 Å². The molecule has 0 aliphatic heterocycles. The zero-order chi connectivity index (χ0) is 6.85. The number of rotatable bonds is 2. The van der Waals surface area contributed by atoms with Gasteiger partial charge in [0.2, 0.25) is 0 Å². The summed E-state index contributed by atoms with van der Waals surface area (Å²) in [6.07, 6.45) is 2.28. The van der Waals surface area contributed by atoms with Crippen LogP contribution in [0.15, 0.2) is 0 Å². The van der Waals surface area contributed by atoms with Gasteiger partial charge in [0.05, 0.1) is 5.25 Å². The summed E-state index contributed by atoms with van der Waals surface area (Å²) in [5, 5.41) is -0.273. The van der Waals surface area contributed by atoms with Crippen molar-refractivity contribution in [3.63, 3.8) is 0 Å². The molecule has 1 fully saturated rings. The summed E-state index contributed by atoms with van der Waals surface area (Å²) in [5.74, 6) is -0.194. The Morgan fingerprint density at radius 2 is 2.20 bits per heavy atom. The second kappa shape index (κ2) is 4.44. The number of hydrogen-bond donors (Lipinski definition) is 1. The van der Waals surface area contributed by atoms with Gasteiger partial charge in [-0.2, -0.15) is 12.6 Å². The molecule has 63 valence electrons. The number of esters is 1. The molecular formula is C6H10AuO2S. The predicted molar refractivity (Wildman–Crippen MR) is 37.6 cm³/mol. The second-order valence-electron chi connectivity index (χ2n) is 2.31. The maximum atomic E-state index is 10.7. The quantitative estimate of drug-likeness (QED) is 0.460. The van der Waals surface area contributed by atoms with Crippen LogP contribution < -0.4 is 0 Å². The van der Waals surface area contributed by atoms with Crippen molar-refractivity contribution in [2.75, 3.05) is 0 Å². The van der Waals surface area contributed by atoms with E-state index in [1.807, 2.05) is 0 Å². The molecule has 2 nitrogen and oxygen atoms in total. The number of thiol groups is 1. The van der Waals surface area contributed by atoms with Gasteiger partial charge in [-0.15, -0.1) is 0 Å². The first kappa shape index (κ1) is 10.6. The molecule has 0 aromatic carbocycles. The minimum atomic E-state index is -0.273. The van der Waals surface area contributed by atoms with Gasteiger partial charge < -0.3 is 4.74 Å². The number of hydrogen-bond acceptors (Lipinski definition) is 3. The Balaban J connectivity index is 0.000000810. The first-order valence-corrected chi connectivity index (χ1v) is 3.60. The third-order valence-corrected chi connectivity index (χ3v) is 1.36. The molecule has 1 saturated carbocycles. The van der Waals surface area contributed by atoms with Crippen molar-refractivity contribution in [3.05, 3.63) is 0 Å². The van der Waals surface area contributed by atoms with Gasteiger partial charge in [-0.25, -0.2) is 0 Å². The fourth-order valence-electron chi connectivity index (χ4n) is 0.449. The zero-order valence-corrected chi connectivity index (χ0v) is 8.70. The minimum absolute atomic E-state index is 0. The van der Waals surface area contributed by atoms with Gasteiger partial charge >= 0.3 is 5.97 Å². The van der Waals surface area contributed by atoms with Crippen LogP contribution in [0.4, 0.5) is 0 Å². The second-order valence-corrected chi connectivity index (χ2v) is 3.09. The normalized spacial score (nSPS) is 19.0. The van der Waals surface area contributed by atoms with Gasteiger partial charge in [0, 0.05) is 22.4 Å². The van der Waals surface area contributed by atoms with E-state index in [1.165, 1.54) is 0 Å². The summed E-state index contributed by atoms with van der Waals surface area (Å²) < 4.78 is 4.91. The average Bonchev–Trinajstić information content (AvgIpc) is 2.50. The van der Waals surface area contributed by atoms with E-state index in [0.29, 0.717) is 0 Å². The third kappa shape index (κ3) is 3.66. The van der Waals surface area contributed by atoms with Crippen molar-refractivity contribution in [1.29, 1.82) is 0 Å². The first-order valence-electron chi connectivity index (χ1n) is 3.08. The van der Waals surface area contributed by atoms with E-state index < -0.39 is 0 Å². The number of ether oxygens (including phenoxy) is 1.